The van der Waals surface area contributed by atoms with Crippen LogP contribution in [-0.2, 0) is 14.3 Å². The highest BCUT2D eigenvalue weighted by molar-refractivity contribution is 7.86. The van der Waals surface area contributed by atoms with E-state index in [2.05, 4.69) is 5.32 Å². The second-order valence-electron chi connectivity index (χ2n) is 5.71. The van der Waals surface area contributed by atoms with E-state index < -0.39 is 16.1 Å². The molecule has 0 radical (unpaired) electrons. The van der Waals surface area contributed by atoms with Gasteiger partial charge in [0.15, 0.2) is 5.75 Å². The third-order valence-electron chi connectivity index (χ3n) is 3.65. The van der Waals surface area contributed by atoms with Gasteiger partial charge in [-0.2, -0.15) is 8.42 Å². The summed E-state index contributed by atoms with van der Waals surface area (Å²) in [4.78, 5) is 11.2. The first kappa shape index (κ1) is 20.7. The van der Waals surface area contributed by atoms with Crippen molar-refractivity contribution in [1.82, 2.24) is 0 Å². The fourth-order valence-electron chi connectivity index (χ4n) is 2.37. The molecule has 2 N–H and O–H groups in total. The maximum absolute atomic E-state index is 12.6. The Bertz CT molecular complexity index is 881. The van der Waals surface area contributed by atoms with Crippen molar-refractivity contribution in [3.05, 3.63) is 48.0 Å². The number of aromatic carboxylic acids is 1. The van der Waals surface area contributed by atoms with Gasteiger partial charge < -0.3 is 15.2 Å². The van der Waals surface area contributed by atoms with Crippen LogP contribution < -0.4 is 10.1 Å². The molecule has 0 unspecified atom stereocenters. The van der Waals surface area contributed by atoms with E-state index in [4.69, 9.17) is 8.92 Å². The summed E-state index contributed by atoms with van der Waals surface area (Å²) in [6.45, 7) is 4.01. The molecule has 0 aliphatic heterocycles. The Kier molecular flexibility index (Phi) is 7.20. The summed E-state index contributed by atoms with van der Waals surface area (Å²) >= 11 is 0. The van der Waals surface area contributed by atoms with Crippen molar-refractivity contribution in [3.63, 3.8) is 0 Å². The average Bonchev–Trinajstić information content (AvgIpc) is 2.63. The van der Waals surface area contributed by atoms with Crippen LogP contribution in [0, 0.1) is 0 Å². The Hall–Kier alpha value is -2.58. The highest BCUT2D eigenvalue weighted by Gasteiger charge is 2.26. The van der Waals surface area contributed by atoms with Crippen LogP contribution in [0.3, 0.4) is 0 Å². The normalized spacial score (nSPS) is 11.2. The average molecular weight is 393 g/mol. The Morgan fingerprint density at radius 1 is 1.15 bits per heavy atom. The van der Waals surface area contributed by atoms with Crippen molar-refractivity contribution in [3.8, 4) is 11.5 Å². The number of para-hydroxylation sites is 1. The lowest BCUT2D eigenvalue weighted by Gasteiger charge is -2.18. The Labute approximate surface area is 159 Å². The van der Waals surface area contributed by atoms with Crippen molar-refractivity contribution in [1.29, 1.82) is 0 Å². The highest BCUT2D eigenvalue weighted by Crippen LogP contribution is 2.38. The third kappa shape index (κ3) is 5.45. The van der Waals surface area contributed by atoms with Gasteiger partial charge in [-0.3, -0.25) is 4.18 Å². The monoisotopic (exact) mass is 393 g/mol. The summed E-state index contributed by atoms with van der Waals surface area (Å²) in [5.41, 5.74) is 0.109. The van der Waals surface area contributed by atoms with Gasteiger partial charge in [0.25, 0.3) is 0 Å². The zero-order valence-corrected chi connectivity index (χ0v) is 16.1. The van der Waals surface area contributed by atoms with E-state index >= 15 is 0 Å². The van der Waals surface area contributed by atoms with E-state index in [9.17, 15) is 18.3 Å². The van der Waals surface area contributed by atoms with E-state index in [-0.39, 0.29) is 28.5 Å². The summed E-state index contributed by atoms with van der Waals surface area (Å²) in [7, 11) is -4.20. The van der Waals surface area contributed by atoms with Crippen LogP contribution in [0.1, 0.15) is 37.0 Å². The zero-order valence-electron chi connectivity index (χ0n) is 15.3. The Morgan fingerprint density at radius 2 is 1.85 bits per heavy atom. The lowest BCUT2D eigenvalue weighted by atomic mass is 10.1. The molecule has 0 atom stereocenters. The van der Waals surface area contributed by atoms with E-state index in [0.717, 1.165) is 18.9 Å². The second-order valence-corrected chi connectivity index (χ2v) is 7.30. The predicted octanol–water partition coefficient (Wildman–Crippen LogP) is 4.11. The molecule has 0 amide bonds. The fourth-order valence-corrected chi connectivity index (χ4v) is 3.46. The van der Waals surface area contributed by atoms with Gasteiger partial charge in [-0.1, -0.05) is 31.5 Å². The summed E-state index contributed by atoms with van der Waals surface area (Å²) in [6.07, 6.45) is 1.75. The molecule has 0 aliphatic carbocycles. The number of ether oxygens (including phenoxy) is 1. The molecule has 0 aliphatic rings. The van der Waals surface area contributed by atoms with Crippen LogP contribution in [-0.4, -0.2) is 32.6 Å². The number of carboxylic acid groups (broad SMARTS) is 1. The van der Waals surface area contributed by atoms with Crippen LogP contribution in [0.2, 0.25) is 0 Å². The maximum Gasteiger partial charge on any atom is 0.335 e. The minimum atomic E-state index is -4.20. The molecule has 0 saturated heterocycles. The van der Waals surface area contributed by atoms with Crippen LogP contribution in [0.5, 0.6) is 11.5 Å². The number of rotatable bonds is 10. The Morgan fingerprint density at radius 3 is 2.44 bits per heavy atom. The molecule has 8 heteroatoms. The summed E-state index contributed by atoms with van der Waals surface area (Å²) < 4.78 is 35.9. The number of anilines is 1. The largest absolute Gasteiger partial charge is 0.478 e. The molecule has 2 aromatic rings. The zero-order chi connectivity index (χ0) is 19.9. The van der Waals surface area contributed by atoms with E-state index in [1.165, 1.54) is 13.0 Å². The highest BCUT2D eigenvalue weighted by atomic mass is 32.2. The minimum absolute atomic E-state index is 0.00996. The molecule has 0 aromatic heterocycles. The van der Waals surface area contributed by atoms with Crippen LogP contribution in [0.15, 0.2) is 47.4 Å². The van der Waals surface area contributed by atoms with Crippen molar-refractivity contribution in [2.24, 2.45) is 0 Å². The summed E-state index contributed by atoms with van der Waals surface area (Å²) in [5, 5.41) is 12.5. The standard InChI is InChI=1S/C19H23NO6S/c1-3-5-11-20-16-12-14(19(21)22)13-17(27(23,24)25-4-2)18(16)26-15-9-7-6-8-10-15/h6-10,12-13,20H,3-5,11H2,1-2H3,(H,21,22). The molecule has 0 saturated carbocycles. The quantitative estimate of drug-likeness (QED) is 0.462. The molecule has 27 heavy (non-hydrogen) atoms. The molecule has 0 fully saturated rings. The van der Waals surface area contributed by atoms with Gasteiger partial charge in [0.2, 0.25) is 0 Å². The number of unbranched alkanes of at least 4 members (excludes halogenated alkanes) is 1. The van der Waals surface area contributed by atoms with Crippen molar-refractivity contribution >= 4 is 21.8 Å². The molecule has 146 valence electrons. The summed E-state index contributed by atoms with van der Waals surface area (Å²) in [5.74, 6) is -0.810. The first-order valence-corrected chi connectivity index (χ1v) is 10.1. The number of hydrogen-bond donors (Lipinski definition) is 2. The second kappa shape index (κ2) is 9.38. The SMILES string of the molecule is CCCCNc1cc(C(=O)O)cc(S(=O)(=O)OCC)c1Oc1ccccc1. The molecule has 0 bridgehead atoms. The smallest absolute Gasteiger partial charge is 0.335 e. The van der Waals surface area contributed by atoms with E-state index in [1.807, 2.05) is 6.92 Å². The maximum atomic E-state index is 12.6. The number of carboxylic acids is 1. The van der Waals surface area contributed by atoms with Gasteiger partial charge in [-0.05, 0) is 37.6 Å². The number of nitrogens with one attached hydrogen (secondary N) is 1. The van der Waals surface area contributed by atoms with Gasteiger partial charge >= 0.3 is 16.1 Å². The fraction of sp³-hybridized carbons (Fsp3) is 0.316. The number of carbonyl (C=O) groups is 1. The van der Waals surface area contributed by atoms with Gasteiger partial charge in [0, 0.05) is 6.54 Å². The molecule has 7 nitrogen and oxygen atoms in total. The van der Waals surface area contributed by atoms with E-state index in [1.54, 1.807) is 30.3 Å². The molecule has 0 spiro atoms. The molecule has 0 heterocycles. The van der Waals surface area contributed by atoms with Crippen LogP contribution in [0.25, 0.3) is 0 Å². The lowest BCUT2D eigenvalue weighted by molar-refractivity contribution is 0.0696. The predicted molar refractivity (Wildman–Crippen MR) is 102 cm³/mol. The van der Waals surface area contributed by atoms with Crippen molar-refractivity contribution < 1.29 is 27.2 Å². The van der Waals surface area contributed by atoms with Gasteiger partial charge in [0.1, 0.15) is 10.6 Å². The van der Waals surface area contributed by atoms with Gasteiger partial charge in [-0.25, -0.2) is 4.79 Å². The van der Waals surface area contributed by atoms with Crippen LogP contribution >= 0.6 is 0 Å². The van der Waals surface area contributed by atoms with Crippen LogP contribution in [0.4, 0.5) is 5.69 Å². The van der Waals surface area contributed by atoms with Crippen molar-refractivity contribution in [2.75, 3.05) is 18.5 Å². The van der Waals surface area contributed by atoms with E-state index in [0.29, 0.717) is 12.3 Å². The summed E-state index contributed by atoms with van der Waals surface area (Å²) in [6, 6.07) is 11.1. The van der Waals surface area contributed by atoms with Gasteiger partial charge in [0.05, 0.1) is 17.9 Å². The Balaban J connectivity index is 2.63. The minimum Gasteiger partial charge on any atom is -0.478 e. The number of hydrogen-bond acceptors (Lipinski definition) is 6. The van der Waals surface area contributed by atoms with Crippen molar-refractivity contribution in [2.45, 2.75) is 31.6 Å². The molecule has 2 rings (SSSR count). The first-order chi connectivity index (χ1) is 12.9. The third-order valence-corrected chi connectivity index (χ3v) is 5.04. The first-order valence-electron chi connectivity index (χ1n) is 8.66. The molecule has 2 aromatic carbocycles. The molecular weight excluding hydrogens is 370 g/mol. The van der Waals surface area contributed by atoms with Gasteiger partial charge in [-0.15, -0.1) is 0 Å². The number of benzene rings is 2. The topological polar surface area (TPSA) is 102 Å². The molecular formula is C19H23NO6S. The lowest BCUT2D eigenvalue weighted by Crippen LogP contribution is -2.12.